The molecule has 17 heavy (non-hydrogen) atoms. The van der Waals surface area contributed by atoms with Crippen LogP contribution in [0.2, 0.25) is 0 Å². The topological polar surface area (TPSA) is 75.6 Å². The van der Waals surface area contributed by atoms with Crippen LogP contribution in [0.15, 0.2) is 0 Å². The Morgan fingerprint density at radius 2 is 1.88 bits per heavy atom. The summed E-state index contributed by atoms with van der Waals surface area (Å²) in [6.45, 7) is 4.62. The molecule has 1 unspecified atom stereocenters. The maximum Gasteiger partial charge on any atom is 0.323 e. The van der Waals surface area contributed by atoms with E-state index in [9.17, 15) is 9.59 Å². The third-order valence-corrected chi connectivity index (χ3v) is 2.55. The van der Waals surface area contributed by atoms with Crippen LogP contribution in [0, 0.1) is 5.92 Å². The van der Waals surface area contributed by atoms with Gasteiger partial charge in [0.25, 0.3) is 0 Å². The number of carboxylic acid groups (broad SMARTS) is 1. The van der Waals surface area contributed by atoms with Gasteiger partial charge in [-0.25, -0.2) is 0 Å². The maximum atomic E-state index is 11.4. The van der Waals surface area contributed by atoms with Crippen LogP contribution >= 0.6 is 0 Å². The monoisotopic (exact) mass is 245 g/mol. The van der Waals surface area contributed by atoms with Crippen LogP contribution in [-0.2, 0) is 14.3 Å². The summed E-state index contributed by atoms with van der Waals surface area (Å²) in [6, 6.07) is -0.278. The quantitative estimate of drug-likeness (QED) is 0.474. The molecule has 0 saturated carbocycles. The Balaban J connectivity index is 3.69. The van der Waals surface area contributed by atoms with Gasteiger partial charge in [0, 0.05) is 6.42 Å². The molecule has 0 amide bonds. The molecule has 2 N–H and O–H groups in total. The summed E-state index contributed by atoms with van der Waals surface area (Å²) in [5.74, 6) is -0.820. The smallest absolute Gasteiger partial charge is 0.323 e. The molecule has 0 aliphatic rings. The molecule has 0 aromatic carbocycles. The average Bonchev–Trinajstić information content (AvgIpc) is 2.26. The lowest BCUT2D eigenvalue weighted by Crippen LogP contribution is -2.42. The predicted molar refractivity (Wildman–Crippen MR) is 64.7 cm³/mol. The molecule has 0 aliphatic heterocycles. The number of aliphatic carboxylic acids is 1. The number of hydrogen-bond acceptors (Lipinski definition) is 4. The highest BCUT2D eigenvalue weighted by Crippen LogP contribution is 2.05. The third kappa shape index (κ3) is 7.74. The largest absolute Gasteiger partial charge is 0.481 e. The number of methoxy groups -OCH3 is 1. The van der Waals surface area contributed by atoms with Gasteiger partial charge in [-0.15, -0.1) is 0 Å². The van der Waals surface area contributed by atoms with Gasteiger partial charge < -0.3 is 15.2 Å². The van der Waals surface area contributed by atoms with Crippen molar-refractivity contribution in [3.63, 3.8) is 0 Å². The number of nitrogens with one attached hydrogen (secondary N) is 1. The van der Waals surface area contributed by atoms with E-state index >= 15 is 0 Å². The second-order valence-corrected chi connectivity index (χ2v) is 4.40. The fourth-order valence-electron chi connectivity index (χ4n) is 1.55. The van der Waals surface area contributed by atoms with Gasteiger partial charge in [-0.05, 0) is 25.3 Å². The van der Waals surface area contributed by atoms with Crippen LogP contribution in [0.3, 0.4) is 0 Å². The lowest BCUT2D eigenvalue weighted by atomic mass is 10.0. The molecule has 0 bridgehead atoms. The van der Waals surface area contributed by atoms with Crippen LogP contribution in [0.25, 0.3) is 0 Å². The summed E-state index contributed by atoms with van der Waals surface area (Å²) in [5.41, 5.74) is 0. The second kappa shape index (κ2) is 8.98. The number of carbonyl (C=O) groups excluding carboxylic acids is 1. The van der Waals surface area contributed by atoms with E-state index in [1.807, 2.05) is 13.8 Å². The van der Waals surface area contributed by atoms with Gasteiger partial charge >= 0.3 is 11.9 Å². The van der Waals surface area contributed by atoms with Crippen molar-refractivity contribution in [3.05, 3.63) is 0 Å². The Hall–Kier alpha value is -1.10. The maximum absolute atomic E-state index is 11.4. The minimum atomic E-state index is -0.757. The first-order valence-corrected chi connectivity index (χ1v) is 6.02. The van der Waals surface area contributed by atoms with E-state index in [4.69, 9.17) is 9.84 Å². The number of carbonyl (C=O) groups is 2. The van der Waals surface area contributed by atoms with Gasteiger partial charge in [-0.3, -0.25) is 9.59 Å². The van der Waals surface area contributed by atoms with Crippen LogP contribution in [0.5, 0.6) is 0 Å². The normalized spacial score (nSPS) is 12.5. The molecule has 5 nitrogen and oxygen atoms in total. The summed E-state index contributed by atoms with van der Waals surface area (Å²) in [5, 5.41) is 11.6. The molecule has 0 radical (unpaired) electrons. The predicted octanol–water partition coefficient (Wildman–Crippen LogP) is 1.42. The van der Waals surface area contributed by atoms with Crippen molar-refractivity contribution in [3.8, 4) is 0 Å². The van der Waals surface area contributed by atoms with Crippen LogP contribution in [0.1, 0.15) is 39.5 Å². The van der Waals surface area contributed by atoms with Gasteiger partial charge in [-0.1, -0.05) is 20.3 Å². The Kier molecular flexibility index (Phi) is 8.40. The van der Waals surface area contributed by atoms with Crippen LogP contribution in [-0.4, -0.2) is 36.7 Å². The molecule has 0 aromatic heterocycles. The van der Waals surface area contributed by atoms with E-state index in [1.165, 1.54) is 7.11 Å². The van der Waals surface area contributed by atoms with E-state index in [0.717, 1.165) is 12.8 Å². The zero-order valence-corrected chi connectivity index (χ0v) is 10.9. The zero-order chi connectivity index (χ0) is 13.3. The van der Waals surface area contributed by atoms with Crippen molar-refractivity contribution in [1.29, 1.82) is 0 Å². The highest BCUT2D eigenvalue weighted by atomic mass is 16.5. The van der Waals surface area contributed by atoms with Crippen LogP contribution < -0.4 is 5.32 Å². The van der Waals surface area contributed by atoms with E-state index < -0.39 is 5.97 Å². The van der Waals surface area contributed by atoms with Gasteiger partial charge in [0.1, 0.15) is 6.04 Å². The first kappa shape index (κ1) is 15.9. The van der Waals surface area contributed by atoms with E-state index in [1.54, 1.807) is 0 Å². The van der Waals surface area contributed by atoms with Gasteiger partial charge in [0.15, 0.2) is 0 Å². The van der Waals surface area contributed by atoms with Crippen molar-refractivity contribution in [2.45, 2.75) is 45.6 Å². The van der Waals surface area contributed by atoms with Crippen molar-refractivity contribution >= 4 is 11.9 Å². The summed E-state index contributed by atoms with van der Waals surface area (Å²) in [7, 11) is 1.38. The van der Waals surface area contributed by atoms with E-state index in [2.05, 4.69) is 5.32 Å². The molecule has 5 heteroatoms. The standard InChI is InChI=1S/C12H23NO4/c1-9(2)11(12(16)17-3)13-8-6-4-5-7-10(14)15/h9,11,13H,4-8H2,1-3H3,(H,14,15). The molecule has 1 atom stereocenters. The number of ether oxygens (including phenoxy) is 1. The molecule has 0 aliphatic carbocycles. The van der Waals surface area contributed by atoms with E-state index in [-0.39, 0.29) is 24.3 Å². The summed E-state index contributed by atoms with van der Waals surface area (Å²) >= 11 is 0. The number of hydrogen-bond donors (Lipinski definition) is 2. The lowest BCUT2D eigenvalue weighted by molar-refractivity contribution is -0.144. The Labute approximate surface area is 103 Å². The minimum Gasteiger partial charge on any atom is -0.481 e. The van der Waals surface area contributed by atoms with Crippen molar-refractivity contribution < 1.29 is 19.4 Å². The number of esters is 1. The first-order chi connectivity index (χ1) is 7.99. The number of unbranched alkanes of at least 4 members (excludes halogenated alkanes) is 2. The molecule has 0 fully saturated rings. The summed E-state index contributed by atoms with van der Waals surface area (Å²) < 4.78 is 4.70. The highest BCUT2D eigenvalue weighted by Gasteiger charge is 2.21. The van der Waals surface area contributed by atoms with Crippen molar-refractivity contribution in [2.24, 2.45) is 5.92 Å². The third-order valence-electron chi connectivity index (χ3n) is 2.55. The second-order valence-electron chi connectivity index (χ2n) is 4.40. The summed E-state index contributed by atoms with van der Waals surface area (Å²) in [6.07, 6.45) is 2.62. The molecule has 0 saturated heterocycles. The molecular weight excluding hydrogens is 222 g/mol. The summed E-state index contributed by atoms with van der Waals surface area (Å²) in [4.78, 5) is 21.7. The fourth-order valence-corrected chi connectivity index (χ4v) is 1.55. The fraction of sp³-hybridized carbons (Fsp3) is 0.833. The Morgan fingerprint density at radius 1 is 1.24 bits per heavy atom. The van der Waals surface area contributed by atoms with Gasteiger partial charge in [0.2, 0.25) is 0 Å². The molecule has 0 heterocycles. The molecular formula is C12H23NO4. The Morgan fingerprint density at radius 3 is 2.35 bits per heavy atom. The molecule has 100 valence electrons. The van der Waals surface area contributed by atoms with Gasteiger partial charge in [-0.2, -0.15) is 0 Å². The lowest BCUT2D eigenvalue weighted by Gasteiger charge is -2.19. The Bertz CT molecular complexity index is 241. The SMILES string of the molecule is COC(=O)C(NCCCCCC(=O)O)C(C)C. The molecule has 0 spiro atoms. The van der Waals surface area contributed by atoms with Gasteiger partial charge in [0.05, 0.1) is 7.11 Å². The molecule has 0 aromatic rings. The first-order valence-electron chi connectivity index (χ1n) is 6.02. The minimum absolute atomic E-state index is 0.182. The number of carboxylic acids is 1. The van der Waals surface area contributed by atoms with Crippen LogP contribution in [0.4, 0.5) is 0 Å². The highest BCUT2D eigenvalue weighted by molar-refractivity contribution is 5.75. The zero-order valence-electron chi connectivity index (χ0n) is 10.9. The van der Waals surface area contributed by atoms with E-state index in [0.29, 0.717) is 13.0 Å². The average molecular weight is 245 g/mol. The molecule has 0 rings (SSSR count). The van der Waals surface area contributed by atoms with Crippen molar-refractivity contribution in [1.82, 2.24) is 5.32 Å². The number of rotatable bonds is 9. The van der Waals surface area contributed by atoms with Crippen molar-refractivity contribution in [2.75, 3.05) is 13.7 Å².